The molecule has 470 valence electrons. The Morgan fingerprint density at radius 2 is 0.481 bits per heavy atom. The molecule has 0 saturated carbocycles. The van der Waals surface area contributed by atoms with E-state index in [4.69, 9.17) is 14.2 Å². The van der Waals surface area contributed by atoms with E-state index in [1.165, 1.54) is 225 Å². The fraction of sp³-hybridized carbons (Fsp3) is 0.800. The summed E-state index contributed by atoms with van der Waals surface area (Å²) in [6.07, 6.45) is 91.1. The lowest BCUT2D eigenvalue weighted by Crippen LogP contribution is -2.30. The van der Waals surface area contributed by atoms with E-state index >= 15 is 0 Å². The van der Waals surface area contributed by atoms with Gasteiger partial charge in [-0.3, -0.25) is 14.4 Å². The van der Waals surface area contributed by atoms with Gasteiger partial charge in [0, 0.05) is 19.3 Å². The summed E-state index contributed by atoms with van der Waals surface area (Å²) in [5.74, 6) is -0.871. The molecule has 0 saturated heterocycles. The van der Waals surface area contributed by atoms with Crippen molar-refractivity contribution in [2.75, 3.05) is 13.2 Å². The normalized spacial score (nSPS) is 12.5. The summed E-state index contributed by atoms with van der Waals surface area (Å²) in [6, 6.07) is 0. The van der Waals surface area contributed by atoms with Crippen molar-refractivity contribution < 1.29 is 28.6 Å². The van der Waals surface area contributed by atoms with Crippen LogP contribution in [0.1, 0.15) is 367 Å². The summed E-state index contributed by atoms with van der Waals surface area (Å²) >= 11 is 0. The second-order valence-electron chi connectivity index (χ2n) is 23.8. The molecule has 0 N–H and O–H groups in total. The van der Waals surface area contributed by atoms with Gasteiger partial charge >= 0.3 is 17.9 Å². The van der Waals surface area contributed by atoms with Crippen molar-refractivity contribution in [1.82, 2.24) is 0 Å². The highest BCUT2D eigenvalue weighted by molar-refractivity contribution is 5.71. The predicted molar refractivity (Wildman–Crippen MR) is 353 cm³/mol. The number of ether oxygens (including phenoxy) is 3. The zero-order valence-electron chi connectivity index (χ0n) is 54.1. The first kappa shape index (κ1) is 77.9. The van der Waals surface area contributed by atoms with Crippen molar-refractivity contribution in [2.45, 2.75) is 374 Å². The second-order valence-corrected chi connectivity index (χ2v) is 23.8. The molecule has 0 aromatic rings. The van der Waals surface area contributed by atoms with Crippen molar-refractivity contribution in [3.8, 4) is 0 Å². The van der Waals surface area contributed by atoms with Gasteiger partial charge < -0.3 is 14.2 Å². The van der Waals surface area contributed by atoms with Gasteiger partial charge in [-0.15, -0.1) is 0 Å². The van der Waals surface area contributed by atoms with Crippen LogP contribution in [0.5, 0.6) is 0 Å². The average Bonchev–Trinajstić information content (AvgIpc) is 3.46. The predicted octanol–water partition coefficient (Wildman–Crippen LogP) is 24.4. The van der Waals surface area contributed by atoms with E-state index in [0.717, 1.165) is 103 Å². The molecule has 0 aromatic carbocycles. The van der Waals surface area contributed by atoms with Gasteiger partial charge in [0.25, 0.3) is 0 Å². The SMILES string of the molecule is CC/C=C\C/C=C\C/C=C\C/C=C\C/C=C\C/C=C\CCCCCCCCCCC(=O)OC(COC(=O)CCCCCCCCC)COC(=O)CCCCCCCCCCCCCCCCCCCCCCCCCCCCCCC. The topological polar surface area (TPSA) is 78.9 Å². The van der Waals surface area contributed by atoms with Crippen molar-refractivity contribution in [1.29, 1.82) is 0 Å². The van der Waals surface area contributed by atoms with Gasteiger partial charge in [-0.25, -0.2) is 0 Å². The first-order valence-electron chi connectivity index (χ1n) is 35.4. The zero-order chi connectivity index (χ0) is 58.5. The molecule has 0 amide bonds. The van der Waals surface area contributed by atoms with E-state index in [2.05, 4.69) is 93.7 Å². The lowest BCUT2D eigenvalue weighted by atomic mass is 10.0. The molecule has 6 heteroatoms. The van der Waals surface area contributed by atoms with Crippen LogP contribution in [-0.4, -0.2) is 37.2 Å². The Hall–Kier alpha value is -3.15. The van der Waals surface area contributed by atoms with Crippen molar-refractivity contribution >= 4 is 17.9 Å². The van der Waals surface area contributed by atoms with E-state index in [1.807, 2.05) is 0 Å². The molecule has 0 bridgehead atoms. The van der Waals surface area contributed by atoms with E-state index in [0.29, 0.717) is 19.3 Å². The Labute approximate surface area is 503 Å². The lowest BCUT2D eigenvalue weighted by molar-refractivity contribution is -0.167. The third-order valence-electron chi connectivity index (χ3n) is 15.7. The number of esters is 3. The fourth-order valence-electron chi connectivity index (χ4n) is 10.5. The summed E-state index contributed by atoms with van der Waals surface area (Å²) in [7, 11) is 0. The average molecular weight is 1130 g/mol. The highest BCUT2D eigenvalue weighted by atomic mass is 16.6. The quantitative estimate of drug-likeness (QED) is 0.0261. The van der Waals surface area contributed by atoms with E-state index in [1.54, 1.807) is 0 Å². The fourth-order valence-corrected chi connectivity index (χ4v) is 10.5. The third kappa shape index (κ3) is 67.5. The molecule has 0 aliphatic rings. The van der Waals surface area contributed by atoms with Gasteiger partial charge in [-0.2, -0.15) is 0 Å². The first-order valence-corrected chi connectivity index (χ1v) is 35.4. The molecule has 0 spiro atoms. The Bertz CT molecular complexity index is 1490. The molecule has 0 heterocycles. The van der Waals surface area contributed by atoms with Crippen molar-refractivity contribution in [3.63, 3.8) is 0 Å². The number of allylic oxidation sites excluding steroid dienone is 12. The van der Waals surface area contributed by atoms with E-state index in [9.17, 15) is 14.4 Å². The largest absolute Gasteiger partial charge is 0.462 e. The highest BCUT2D eigenvalue weighted by Gasteiger charge is 2.19. The van der Waals surface area contributed by atoms with Crippen molar-refractivity contribution in [3.05, 3.63) is 72.9 Å². The van der Waals surface area contributed by atoms with Gasteiger partial charge in [0.15, 0.2) is 6.10 Å². The molecular formula is C75H134O6. The standard InChI is InChI=1S/C75H134O6/c1-4-7-10-13-16-18-20-22-24-26-28-30-32-34-36-37-39-40-42-44-46-48-50-52-54-56-59-62-65-68-74(77)80-71-72(70-79-73(76)67-64-61-58-15-12-9-6-3)81-75(78)69-66-63-60-57-55-53-51-49-47-45-43-41-38-35-33-31-29-27-25-23-21-19-17-14-11-8-5-2/h8,11,17,19,23,25,29,31,35,38,43,45,72H,4-7,9-10,12-16,18,20-22,24,26-28,30,32-34,36-37,39-42,44,46-71H2,1-3H3/b11-8-,19-17-,25-23-,31-29-,38-35-,45-43-. The number of unbranched alkanes of at least 4 members (excludes halogenated alkanes) is 42. The molecule has 0 aliphatic carbocycles. The Morgan fingerprint density at radius 3 is 0.753 bits per heavy atom. The monoisotopic (exact) mass is 1130 g/mol. The minimum Gasteiger partial charge on any atom is -0.462 e. The van der Waals surface area contributed by atoms with Crippen LogP contribution in [0.4, 0.5) is 0 Å². The van der Waals surface area contributed by atoms with Crippen LogP contribution in [0, 0.1) is 0 Å². The molecule has 1 unspecified atom stereocenters. The molecule has 81 heavy (non-hydrogen) atoms. The summed E-state index contributed by atoms with van der Waals surface area (Å²) in [6.45, 7) is 6.53. The Balaban J connectivity index is 4.06. The van der Waals surface area contributed by atoms with Crippen LogP contribution in [-0.2, 0) is 28.6 Å². The number of carbonyl (C=O) groups is 3. The van der Waals surface area contributed by atoms with Crippen LogP contribution in [0.15, 0.2) is 72.9 Å². The molecular weight excluding hydrogens is 997 g/mol. The minimum absolute atomic E-state index is 0.0745. The number of rotatable bonds is 65. The Morgan fingerprint density at radius 1 is 0.259 bits per heavy atom. The first-order chi connectivity index (χ1) is 40.0. The number of hydrogen-bond acceptors (Lipinski definition) is 6. The van der Waals surface area contributed by atoms with Gasteiger partial charge in [0.1, 0.15) is 13.2 Å². The minimum atomic E-state index is -0.777. The maximum atomic E-state index is 12.9. The lowest BCUT2D eigenvalue weighted by Gasteiger charge is -2.18. The number of hydrogen-bond donors (Lipinski definition) is 0. The van der Waals surface area contributed by atoms with Gasteiger partial charge in [0.2, 0.25) is 0 Å². The molecule has 0 fully saturated rings. The highest BCUT2D eigenvalue weighted by Crippen LogP contribution is 2.18. The molecule has 0 aliphatic heterocycles. The maximum absolute atomic E-state index is 12.9. The molecule has 1 atom stereocenters. The van der Waals surface area contributed by atoms with Gasteiger partial charge in [-0.05, 0) is 70.6 Å². The van der Waals surface area contributed by atoms with Gasteiger partial charge in [-0.1, -0.05) is 351 Å². The Kier molecular flexibility index (Phi) is 66.6. The summed E-state index contributed by atoms with van der Waals surface area (Å²) in [5, 5.41) is 0. The van der Waals surface area contributed by atoms with E-state index < -0.39 is 6.10 Å². The van der Waals surface area contributed by atoms with Crippen molar-refractivity contribution in [2.24, 2.45) is 0 Å². The van der Waals surface area contributed by atoms with Crippen LogP contribution in [0.25, 0.3) is 0 Å². The van der Waals surface area contributed by atoms with Gasteiger partial charge in [0.05, 0.1) is 0 Å². The summed E-state index contributed by atoms with van der Waals surface area (Å²) in [5.41, 5.74) is 0. The molecule has 6 nitrogen and oxygen atoms in total. The second kappa shape index (κ2) is 69.3. The third-order valence-corrected chi connectivity index (χ3v) is 15.7. The van der Waals surface area contributed by atoms with E-state index in [-0.39, 0.29) is 31.1 Å². The molecule has 0 radical (unpaired) electrons. The summed E-state index contributed by atoms with van der Waals surface area (Å²) < 4.78 is 16.9. The zero-order valence-corrected chi connectivity index (χ0v) is 54.1. The maximum Gasteiger partial charge on any atom is 0.306 e. The molecule has 0 rings (SSSR count). The summed E-state index contributed by atoms with van der Waals surface area (Å²) in [4.78, 5) is 38.2. The van der Waals surface area contributed by atoms with Crippen LogP contribution >= 0.6 is 0 Å². The van der Waals surface area contributed by atoms with Crippen LogP contribution in [0.3, 0.4) is 0 Å². The van der Waals surface area contributed by atoms with Crippen LogP contribution in [0.2, 0.25) is 0 Å². The molecule has 0 aromatic heterocycles. The van der Waals surface area contributed by atoms with Crippen LogP contribution < -0.4 is 0 Å². The number of carbonyl (C=O) groups excluding carboxylic acids is 3. The smallest absolute Gasteiger partial charge is 0.306 e.